The number of hydrogen-bond acceptors (Lipinski definition) is 5. The van der Waals surface area contributed by atoms with Crippen molar-refractivity contribution in [2.24, 2.45) is 4.99 Å². The Labute approximate surface area is 217 Å². The molecule has 3 aromatic carbocycles. The van der Waals surface area contributed by atoms with Gasteiger partial charge in [0.15, 0.2) is 0 Å². The van der Waals surface area contributed by atoms with Crippen molar-refractivity contribution in [3.05, 3.63) is 90.0 Å². The monoisotopic (exact) mass is 516 g/mol. The third-order valence-corrected chi connectivity index (χ3v) is 8.07. The quantitative estimate of drug-likeness (QED) is 0.301. The van der Waals surface area contributed by atoms with E-state index in [-0.39, 0.29) is 17.3 Å². The molecule has 190 valence electrons. The predicted octanol–water partition coefficient (Wildman–Crippen LogP) is 3.95. The van der Waals surface area contributed by atoms with Gasteiger partial charge in [0.25, 0.3) is 0 Å². The van der Waals surface area contributed by atoms with Crippen LogP contribution in [0.1, 0.15) is 24.1 Å². The molecule has 0 spiro atoms. The van der Waals surface area contributed by atoms with Crippen molar-refractivity contribution < 1.29 is 13.2 Å². The maximum atomic E-state index is 13.8. The fourth-order valence-corrected chi connectivity index (χ4v) is 5.90. The van der Waals surface area contributed by atoms with E-state index in [1.807, 2.05) is 72.6 Å². The highest BCUT2D eigenvalue weighted by atomic mass is 32.2. The van der Waals surface area contributed by atoms with Crippen LogP contribution in [-0.4, -0.2) is 49.1 Å². The lowest BCUT2D eigenvalue weighted by molar-refractivity contribution is -0.114. The first-order chi connectivity index (χ1) is 17.8. The second-order valence-corrected chi connectivity index (χ2v) is 10.6. The average Bonchev–Trinajstić information content (AvgIpc) is 2.90. The number of carbonyl (C=O) groups excluding carboxylic acids is 1. The number of carbonyl (C=O) groups is 1. The maximum Gasteiger partial charge on any atom is 0.243 e. The number of hydrogen-bond donors (Lipinski definition) is 2. The fourth-order valence-electron chi connectivity index (χ4n) is 4.30. The van der Waals surface area contributed by atoms with E-state index < -0.39 is 16.1 Å². The molecule has 1 saturated heterocycles. The van der Waals surface area contributed by atoms with E-state index in [9.17, 15) is 18.5 Å². The second kappa shape index (κ2) is 11.2. The number of rotatable bonds is 5. The van der Waals surface area contributed by atoms with Gasteiger partial charge in [-0.05, 0) is 48.4 Å². The first kappa shape index (κ1) is 25.9. The SMILES string of the molecule is CC(=O)Nc1ccc(S(=O)(=O)N2CCN(/C(=N\C#N)Nc3ccccc3C)CC2c2ccccc2)cc1. The van der Waals surface area contributed by atoms with Crippen LogP contribution >= 0.6 is 0 Å². The van der Waals surface area contributed by atoms with Crippen LogP contribution in [0.25, 0.3) is 0 Å². The van der Waals surface area contributed by atoms with Crippen molar-refractivity contribution >= 4 is 33.3 Å². The summed E-state index contributed by atoms with van der Waals surface area (Å²) in [4.78, 5) is 17.4. The minimum absolute atomic E-state index is 0.139. The molecule has 0 aliphatic carbocycles. The van der Waals surface area contributed by atoms with Crippen molar-refractivity contribution in [1.29, 1.82) is 5.26 Å². The summed E-state index contributed by atoms with van der Waals surface area (Å²) in [7, 11) is -3.86. The smallest absolute Gasteiger partial charge is 0.243 e. The number of sulfonamides is 1. The standard InChI is InChI=1S/C27H28N6O3S/c1-20-8-6-7-11-25(20)31-27(29-19-28)32-16-17-33(26(18-32)22-9-4-3-5-10-22)37(35,36)24-14-12-23(13-15-24)30-21(2)34/h3-15,26H,16-18H2,1-2H3,(H,29,31)(H,30,34). The van der Waals surface area contributed by atoms with Gasteiger partial charge in [-0.2, -0.15) is 9.57 Å². The van der Waals surface area contributed by atoms with Crippen LogP contribution in [0.3, 0.4) is 0 Å². The summed E-state index contributed by atoms with van der Waals surface area (Å²) < 4.78 is 29.0. The topological polar surface area (TPSA) is 118 Å². The number of amides is 1. The molecule has 10 heteroatoms. The van der Waals surface area contributed by atoms with E-state index in [4.69, 9.17) is 0 Å². The number of para-hydroxylation sites is 1. The van der Waals surface area contributed by atoms with E-state index in [0.717, 1.165) is 16.8 Å². The van der Waals surface area contributed by atoms with Crippen LogP contribution in [0.2, 0.25) is 0 Å². The van der Waals surface area contributed by atoms with Gasteiger partial charge >= 0.3 is 0 Å². The Bertz CT molecular complexity index is 1430. The number of piperazine rings is 1. The highest BCUT2D eigenvalue weighted by molar-refractivity contribution is 7.89. The lowest BCUT2D eigenvalue weighted by Gasteiger charge is -2.41. The molecule has 9 nitrogen and oxygen atoms in total. The van der Waals surface area contributed by atoms with Gasteiger partial charge in [-0.15, -0.1) is 4.99 Å². The first-order valence-corrected chi connectivity index (χ1v) is 13.2. The van der Waals surface area contributed by atoms with Crippen LogP contribution in [0, 0.1) is 18.4 Å². The van der Waals surface area contributed by atoms with Crippen molar-refractivity contribution in [3.63, 3.8) is 0 Å². The molecule has 1 fully saturated rings. The highest BCUT2D eigenvalue weighted by Gasteiger charge is 2.38. The van der Waals surface area contributed by atoms with Gasteiger partial charge in [0.2, 0.25) is 28.1 Å². The molecule has 3 aromatic rings. The minimum atomic E-state index is -3.86. The van der Waals surface area contributed by atoms with Gasteiger partial charge in [-0.25, -0.2) is 8.42 Å². The molecule has 1 atom stereocenters. The number of benzene rings is 3. The zero-order chi connectivity index (χ0) is 26.4. The van der Waals surface area contributed by atoms with Gasteiger partial charge in [0, 0.05) is 37.9 Å². The lowest BCUT2D eigenvalue weighted by atomic mass is 10.0. The average molecular weight is 517 g/mol. The normalized spacial score (nSPS) is 16.6. The van der Waals surface area contributed by atoms with Crippen LogP contribution in [0.4, 0.5) is 11.4 Å². The van der Waals surface area contributed by atoms with Gasteiger partial charge in [-0.1, -0.05) is 48.5 Å². The molecule has 1 unspecified atom stereocenters. The number of aryl methyl sites for hydroxylation is 1. The van der Waals surface area contributed by atoms with Gasteiger partial charge in [-0.3, -0.25) is 4.79 Å². The molecule has 1 amide bonds. The Hall–Kier alpha value is -4.20. The van der Waals surface area contributed by atoms with Gasteiger partial charge in [0.05, 0.1) is 10.9 Å². The summed E-state index contributed by atoms with van der Waals surface area (Å²) in [6, 6.07) is 22.7. The Kier molecular flexibility index (Phi) is 7.86. The molecule has 4 rings (SSSR count). The number of aliphatic imine (C=N–C) groups is 1. The Balaban J connectivity index is 1.65. The molecule has 0 aromatic heterocycles. The van der Waals surface area contributed by atoms with E-state index >= 15 is 0 Å². The molecule has 1 aliphatic rings. The summed E-state index contributed by atoms with van der Waals surface area (Å²) in [6.07, 6.45) is 1.87. The summed E-state index contributed by atoms with van der Waals surface area (Å²) in [5.74, 6) is 0.138. The van der Waals surface area contributed by atoms with E-state index in [0.29, 0.717) is 24.7 Å². The summed E-state index contributed by atoms with van der Waals surface area (Å²) in [5, 5.41) is 15.3. The number of nitriles is 1. The molecule has 0 radical (unpaired) electrons. The number of anilines is 2. The van der Waals surface area contributed by atoms with E-state index in [2.05, 4.69) is 15.6 Å². The largest absolute Gasteiger partial charge is 0.339 e. The third kappa shape index (κ3) is 5.97. The Morgan fingerprint density at radius 2 is 1.65 bits per heavy atom. The van der Waals surface area contributed by atoms with Crippen LogP contribution in [-0.2, 0) is 14.8 Å². The molecule has 0 saturated carbocycles. The summed E-state index contributed by atoms with van der Waals surface area (Å²) >= 11 is 0. The van der Waals surface area contributed by atoms with Crippen molar-refractivity contribution in [3.8, 4) is 6.19 Å². The van der Waals surface area contributed by atoms with E-state index in [1.54, 1.807) is 12.1 Å². The highest BCUT2D eigenvalue weighted by Crippen LogP contribution is 2.32. The van der Waals surface area contributed by atoms with Crippen molar-refractivity contribution in [1.82, 2.24) is 9.21 Å². The summed E-state index contributed by atoms with van der Waals surface area (Å²) in [5.41, 5.74) is 3.17. The minimum Gasteiger partial charge on any atom is -0.339 e. The predicted molar refractivity (Wildman–Crippen MR) is 143 cm³/mol. The number of nitrogens with one attached hydrogen (secondary N) is 2. The molecule has 37 heavy (non-hydrogen) atoms. The second-order valence-electron chi connectivity index (χ2n) is 8.67. The third-order valence-electron chi connectivity index (χ3n) is 6.14. The molecule has 1 heterocycles. The Morgan fingerprint density at radius 3 is 2.30 bits per heavy atom. The first-order valence-electron chi connectivity index (χ1n) is 11.8. The van der Waals surface area contributed by atoms with Crippen LogP contribution < -0.4 is 10.6 Å². The zero-order valence-corrected chi connectivity index (χ0v) is 21.4. The van der Waals surface area contributed by atoms with Gasteiger partial charge < -0.3 is 15.5 Å². The van der Waals surface area contributed by atoms with Gasteiger partial charge in [0.1, 0.15) is 0 Å². The summed E-state index contributed by atoms with van der Waals surface area (Å²) in [6.45, 7) is 4.18. The zero-order valence-electron chi connectivity index (χ0n) is 20.6. The molecular weight excluding hydrogens is 488 g/mol. The molecule has 0 bridgehead atoms. The van der Waals surface area contributed by atoms with Crippen LogP contribution in [0.5, 0.6) is 0 Å². The lowest BCUT2D eigenvalue weighted by Crippen LogP contribution is -2.53. The Morgan fingerprint density at radius 1 is 0.973 bits per heavy atom. The molecule has 2 N–H and O–H groups in total. The van der Waals surface area contributed by atoms with Crippen molar-refractivity contribution in [2.75, 3.05) is 30.3 Å². The van der Waals surface area contributed by atoms with E-state index in [1.165, 1.54) is 23.4 Å². The molecular formula is C27H28N6O3S. The fraction of sp³-hybridized carbons (Fsp3) is 0.222. The number of guanidine groups is 1. The number of nitrogens with zero attached hydrogens (tertiary/aromatic N) is 4. The maximum absolute atomic E-state index is 13.8. The van der Waals surface area contributed by atoms with Crippen LogP contribution in [0.15, 0.2) is 88.8 Å². The molecule has 1 aliphatic heterocycles. The van der Waals surface area contributed by atoms with Crippen molar-refractivity contribution in [2.45, 2.75) is 24.8 Å².